The lowest BCUT2D eigenvalue weighted by Gasteiger charge is -2.38. The van der Waals surface area contributed by atoms with E-state index in [2.05, 4.69) is 15.7 Å². The highest BCUT2D eigenvalue weighted by atomic mass is 16.5. The molecule has 182 valence electrons. The summed E-state index contributed by atoms with van der Waals surface area (Å²) in [6, 6.07) is 18.0. The Labute approximate surface area is 209 Å². The fourth-order valence-electron chi connectivity index (χ4n) is 4.41. The van der Waals surface area contributed by atoms with Gasteiger partial charge in [-0.25, -0.2) is 5.01 Å². The topological polar surface area (TPSA) is 101 Å². The maximum Gasteiger partial charge on any atom is 0.251 e. The predicted molar refractivity (Wildman–Crippen MR) is 134 cm³/mol. The fourth-order valence-corrected chi connectivity index (χ4v) is 4.41. The second kappa shape index (κ2) is 10.4. The summed E-state index contributed by atoms with van der Waals surface area (Å²) in [5.74, 6) is -0.595. The van der Waals surface area contributed by atoms with Crippen molar-refractivity contribution in [1.29, 1.82) is 0 Å². The molecule has 2 aliphatic rings. The molecule has 0 bridgehead atoms. The molecule has 1 saturated heterocycles. The smallest absolute Gasteiger partial charge is 0.251 e. The molecular weight excluding hydrogens is 456 g/mol. The van der Waals surface area contributed by atoms with Crippen molar-refractivity contribution in [2.45, 2.75) is 26.0 Å². The van der Waals surface area contributed by atoms with Gasteiger partial charge in [0.2, 0.25) is 11.8 Å². The zero-order valence-corrected chi connectivity index (χ0v) is 19.6. The van der Waals surface area contributed by atoms with Gasteiger partial charge in [0.1, 0.15) is 12.4 Å². The maximum absolute atomic E-state index is 13.0. The number of hydrogen-bond donors (Lipinski definition) is 2. The van der Waals surface area contributed by atoms with E-state index in [0.29, 0.717) is 37.2 Å². The Kier molecular flexibility index (Phi) is 6.75. The van der Waals surface area contributed by atoms with Gasteiger partial charge in [-0.3, -0.25) is 24.8 Å². The first-order valence-corrected chi connectivity index (χ1v) is 11.9. The third kappa shape index (κ3) is 5.12. The zero-order chi connectivity index (χ0) is 24.9. The molecule has 2 aromatic carbocycles. The first-order valence-electron chi connectivity index (χ1n) is 11.9. The molecule has 1 aliphatic carbocycles. The summed E-state index contributed by atoms with van der Waals surface area (Å²) in [5, 5.41) is 4.17. The lowest BCUT2D eigenvalue weighted by atomic mass is 9.80. The van der Waals surface area contributed by atoms with E-state index in [4.69, 9.17) is 4.74 Å². The molecule has 8 nitrogen and oxygen atoms in total. The van der Waals surface area contributed by atoms with Gasteiger partial charge in [0.25, 0.3) is 5.91 Å². The number of anilines is 1. The van der Waals surface area contributed by atoms with Gasteiger partial charge in [0.15, 0.2) is 0 Å². The van der Waals surface area contributed by atoms with Gasteiger partial charge in [-0.05, 0) is 54.8 Å². The van der Waals surface area contributed by atoms with Crippen LogP contribution in [0.1, 0.15) is 34.3 Å². The Hall–Kier alpha value is -4.46. The number of hydrazine groups is 1. The molecule has 8 heteroatoms. The number of nitrogens with zero attached hydrogens (tertiary/aromatic N) is 2. The minimum Gasteiger partial charge on any atom is -0.489 e. The Balaban J connectivity index is 1.19. The predicted octanol–water partition coefficient (Wildman–Crippen LogP) is 3.55. The number of rotatable bonds is 7. The molecule has 1 fully saturated rings. The molecule has 3 aromatic rings. The van der Waals surface area contributed by atoms with Crippen LogP contribution in [0.3, 0.4) is 0 Å². The van der Waals surface area contributed by atoms with E-state index in [9.17, 15) is 14.4 Å². The van der Waals surface area contributed by atoms with E-state index in [0.717, 1.165) is 16.9 Å². The van der Waals surface area contributed by atoms with Gasteiger partial charge in [0.05, 0.1) is 17.5 Å². The molecule has 0 saturated carbocycles. The van der Waals surface area contributed by atoms with Gasteiger partial charge in [-0.1, -0.05) is 36.4 Å². The maximum atomic E-state index is 13.0. The number of amides is 3. The molecule has 2 N–H and O–H groups in total. The average Bonchev–Trinajstić information content (AvgIpc) is 2.94. The summed E-state index contributed by atoms with van der Waals surface area (Å²) in [7, 11) is 0. The number of nitrogens with one attached hydrogen (secondary N) is 2. The van der Waals surface area contributed by atoms with Crippen LogP contribution in [-0.2, 0) is 22.7 Å². The van der Waals surface area contributed by atoms with Crippen LogP contribution in [0.5, 0.6) is 5.75 Å². The minimum atomic E-state index is -0.377. The SMILES string of the molecule is O=C(NCc1ccc(OCc2cccnc2)cc1)c1cccc(N2NC(=O)C3CC=CCC3C2=O)c1. The number of carbonyl (C=O) groups excluding carboxylic acids is 3. The van der Waals surface area contributed by atoms with Crippen molar-refractivity contribution in [2.24, 2.45) is 11.8 Å². The van der Waals surface area contributed by atoms with Crippen molar-refractivity contribution in [1.82, 2.24) is 15.7 Å². The van der Waals surface area contributed by atoms with Crippen LogP contribution in [0.25, 0.3) is 0 Å². The highest BCUT2D eigenvalue weighted by Crippen LogP contribution is 2.32. The third-order valence-corrected chi connectivity index (χ3v) is 6.40. The zero-order valence-electron chi connectivity index (χ0n) is 19.6. The molecule has 1 aromatic heterocycles. The molecule has 2 unspecified atom stereocenters. The molecule has 36 heavy (non-hydrogen) atoms. The Morgan fingerprint density at radius 2 is 1.81 bits per heavy atom. The Morgan fingerprint density at radius 1 is 1.00 bits per heavy atom. The van der Waals surface area contributed by atoms with Crippen LogP contribution in [0, 0.1) is 11.8 Å². The van der Waals surface area contributed by atoms with Crippen LogP contribution in [0.4, 0.5) is 5.69 Å². The van der Waals surface area contributed by atoms with E-state index >= 15 is 0 Å². The number of pyridine rings is 1. The quantitative estimate of drug-likeness (QED) is 0.502. The lowest BCUT2D eigenvalue weighted by molar-refractivity contribution is -0.139. The highest BCUT2D eigenvalue weighted by Gasteiger charge is 2.42. The van der Waals surface area contributed by atoms with Crippen molar-refractivity contribution in [2.75, 3.05) is 5.01 Å². The molecule has 3 amide bonds. The Bertz CT molecular complexity index is 1290. The number of hydrogen-bond acceptors (Lipinski definition) is 5. The lowest BCUT2D eigenvalue weighted by Crippen LogP contribution is -2.59. The normalized spacial score (nSPS) is 18.8. The molecule has 5 rings (SSSR count). The van der Waals surface area contributed by atoms with E-state index in [1.165, 1.54) is 5.01 Å². The molecule has 2 atom stereocenters. The molecule has 1 aliphatic heterocycles. The number of ether oxygens (including phenoxy) is 1. The second-order valence-electron chi connectivity index (χ2n) is 8.83. The fraction of sp³-hybridized carbons (Fsp3) is 0.214. The summed E-state index contributed by atoms with van der Waals surface area (Å²) in [6.45, 7) is 0.764. The first-order chi connectivity index (χ1) is 17.6. The Morgan fingerprint density at radius 3 is 2.58 bits per heavy atom. The van der Waals surface area contributed by atoms with Crippen molar-refractivity contribution in [3.05, 3.63) is 102 Å². The number of carbonyl (C=O) groups is 3. The van der Waals surface area contributed by atoms with Crippen LogP contribution < -0.4 is 20.5 Å². The van der Waals surface area contributed by atoms with Crippen molar-refractivity contribution < 1.29 is 19.1 Å². The van der Waals surface area contributed by atoms with Gasteiger partial charge in [-0.2, -0.15) is 0 Å². The standard InChI is InChI=1S/C28H26N4O4/c33-26(30-17-19-10-12-23(13-11-19)36-18-20-5-4-14-29-16-20)21-6-3-7-22(15-21)32-28(35)25-9-2-1-8-24(25)27(34)31-32/h1-7,10-16,24-25H,8-9,17-18H2,(H,30,33)(H,31,34). The van der Waals surface area contributed by atoms with Crippen LogP contribution >= 0.6 is 0 Å². The van der Waals surface area contributed by atoms with Gasteiger partial charge in [0, 0.05) is 30.1 Å². The minimum absolute atomic E-state index is 0.160. The van der Waals surface area contributed by atoms with Crippen molar-refractivity contribution in [3.63, 3.8) is 0 Å². The van der Waals surface area contributed by atoms with E-state index in [1.54, 1.807) is 36.7 Å². The van der Waals surface area contributed by atoms with E-state index < -0.39 is 0 Å². The summed E-state index contributed by atoms with van der Waals surface area (Å²) in [4.78, 5) is 42.4. The van der Waals surface area contributed by atoms with Gasteiger partial charge < -0.3 is 10.1 Å². The summed E-state index contributed by atoms with van der Waals surface area (Å²) in [5.41, 5.74) is 5.46. The number of fused-ring (bicyclic) bond motifs is 1. The largest absolute Gasteiger partial charge is 0.489 e. The number of benzene rings is 2. The summed E-state index contributed by atoms with van der Waals surface area (Å²) < 4.78 is 5.77. The molecule has 2 heterocycles. The number of aromatic nitrogens is 1. The molecule has 0 radical (unpaired) electrons. The van der Waals surface area contributed by atoms with Gasteiger partial charge >= 0.3 is 0 Å². The third-order valence-electron chi connectivity index (χ3n) is 6.40. The van der Waals surface area contributed by atoms with Crippen LogP contribution in [-0.4, -0.2) is 22.7 Å². The monoisotopic (exact) mass is 482 g/mol. The van der Waals surface area contributed by atoms with Gasteiger partial charge in [-0.15, -0.1) is 0 Å². The summed E-state index contributed by atoms with van der Waals surface area (Å²) in [6.07, 6.45) is 8.48. The highest BCUT2D eigenvalue weighted by molar-refractivity contribution is 6.05. The van der Waals surface area contributed by atoms with Crippen molar-refractivity contribution in [3.8, 4) is 5.75 Å². The van der Waals surface area contributed by atoms with E-state index in [1.807, 2.05) is 48.6 Å². The van der Waals surface area contributed by atoms with E-state index in [-0.39, 0.29) is 29.6 Å². The summed E-state index contributed by atoms with van der Waals surface area (Å²) >= 11 is 0. The molecular formula is C28H26N4O4. The average molecular weight is 483 g/mol. The number of allylic oxidation sites excluding steroid dienone is 2. The van der Waals surface area contributed by atoms with Crippen LogP contribution in [0.15, 0.2) is 85.2 Å². The molecule has 0 spiro atoms. The first kappa shape index (κ1) is 23.3. The van der Waals surface area contributed by atoms with Crippen molar-refractivity contribution >= 4 is 23.4 Å². The van der Waals surface area contributed by atoms with Crippen LogP contribution in [0.2, 0.25) is 0 Å². The second-order valence-corrected chi connectivity index (χ2v) is 8.83.